The van der Waals surface area contributed by atoms with Crippen molar-refractivity contribution in [1.29, 1.82) is 0 Å². The quantitative estimate of drug-likeness (QED) is 0.699. The number of thiophene rings is 1. The van der Waals surface area contributed by atoms with E-state index >= 15 is 0 Å². The highest BCUT2D eigenvalue weighted by molar-refractivity contribution is 7.21. The van der Waals surface area contributed by atoms with Gasteiger partial charge in [0.15, 0.2) is 0 Å². The monoisotopic (exact) mass is 320 g/mol. The summed E-state index contributed by atoms with van der Waals surface area (Å²) >= 11 is 7.18. The highest BCUT2D eigenvalue weighted by atomic mass is 35.5. The minimum absolute atomic E-state index is 0.0105. The van der Waals surface area contributed by atoms with Crippen LogP contribution in [0.25, 0.3) is 10.1 Å². The summed E-state index contributed by atoms with van der Waals surface area (Å²) in [7, 11) is 1.00. The normalized spacial score (nSPS) is 10.0. The second kappa shape index (κ2) is 6.72. The number of rotatable bonds is 2. The van der Waals surface area contributed by atoms with E-state index in [0.29, 0.717) is 20.8 Å². The van der Waals surface area contributed by atoms with Crippen molar-refractivity contribution in [3.8, 4) is 5.75 Å². The maximum atomic E-state index is 12.3. The molecule has 0 atom stereocenters. The second-order valence-electron chi connectivity index (χ2n) is 4.12. The third-order valence-electron chi connectivity index (χ3n) is 2.87. The average Bonchev–Trinajstić information content (AvgIpc) is 2.86. The maximum Gasteiger partial charge on any atom is 0.206 e. The number of aliphatic hydroxyl groups excluding tert-OH is 1. The molecule has 0 aliphatic carbocycles. The Morgan fingerprint density at radius 3 is 2.43 bits per heavy atom. The molecule has 108 valence electrons. The Balaban J connectivity index is 0.000000774. The Morgan fingerprint density at radius 2 is 1.76 bits per heavy atom. The molecule has 2 N–H and O–H groups in total. The summed E-state index contributed by atoms with van der Waals surface area (Å²) in [5.41, 5.74) is 0.565. The van der Waals surface area contributed by atoms with E-state index in [0.717, 1.165) is 11.8 Å². The van der Waals surface area contributed by atoms with E-state index in [2.05, 4.69) is 0 Å². The van der Waals surface area contributed by atoms with Crippen molar-refractivity contribution in [1.82, 2.24) is 0 Å². The molecule has 0 aliphatic heterocycles. The van der Waals surface area contributed by atoms with E-state index < -0.39 is 0 Å². The van der Waals surface area contributed by atoms with Gasteiger partial charge >= 0.3 is 0 Å². The molecule has 0 amide bonds. The summed E-state index contributed by atoms with van der Waals surface area (Å²) in [4.78, 5) is 12.7. The largest absolute Gasteiger partial charge is 0.506 e. The summed E-state index contributed by atoms with van der Waals surface area (Å²) in [5.74, 6) is -0.160. The van der Waals surface area contributed by atoms with Crippen molar-refractivity contribution in [3.05, 3.63) is 64.0 Å². The first-order chi connectivity index (χ1) is 10.2. The van der Waals surface area contributed by atoms with Crippen LogP contribution in [0.3, 0.4) is 0 Å². The van der Waals surface area contributed by atoms with E-state index in [1.54, 1.807) is 36.4 Å². The maximum absolute atomic E-state index is 12.3. The fourth-order valence-corrected chi connectivity index (χ4v) is 3.14. The van der Waals surface area contributed by atoms with E-state index in [9.17, 15) is 9.90 Å². The summed E-state index contributed by atoms with van der Waals surface area (Å²) in [6.07, 6.45) is 0. The van der Waals surface area contributed by atoms with Gasteiger partial charge in [-0.1, -0.05) is 41.9 Å². The minimum Gasteiger partial charge on any atom is -0.506 e. The lowest BCUT2D eigenvalue weighted by molar-refractivity contribution is 0.104. The molecular weight excluding hydrogens is 308 g/mol. The molecule has 5 heteroatoms. The third-order valence-corrected chi connectivity index (χ3v) is 4.26. The molecule has 1 heterocycles. The Morgan fingerprint density at radius 1 is 1.10 bits per heavy atom. The van der Waals surface area contributed by atoms with Gasteiger partial charge in [-0.2, -0.15) is 0 Å². The topological polar surface area (TPSA) is 57.5 Å². The van der Waals surface area contributed by atoms with Crippen LogP contribution in [0.15, 0.2) is 48.5 Å². The summed E-state index contributed by atoms with van der Waals surface area (Å²) in [6, 6.07) is 14.1. The lowest BCUT2D eigenvalue weighted by Crippen LogP contribution is -1.97. The first kappa shape index (κ1) is 15.5. The average molecular weight is 321 g/mol. The zero-order valence-electron chi connectivity index (χ0n) is 11.2. The zero-order valence-corrected chi connectivity index (χ0v) is 12.8. The third kappa shape index (κ3) is 3.08. The summed E-state index contributed by atoms with van der Waals surface area (Å²) in [5, 5.41) is 18.3. The van der Waals surface area contributed by atoms with Crippen molar-refractivity contribution in [2.24, 2.45) is 0 Å². The van der Waals surface area contributed by atoms with Gasteiger partial charge in [0.2, 0.25) is 5.78 Å². The summed E-state index contributed by atoms with van der Waals surface area (Å²) in [6.45, 7) is 0. The molecule has 21 heavy (non-hydrogen) atoms. The van der Waals surface area contributed by atoms with Crippen LogP contribution in [0, 0.1) is 0 Å². The fourth-order valence-electron chi connectivity index (χ4n) is 1.93. The van der Waals surface area contributed by atoms with Crippen LogP contribution < -0.4 is 0 Å². The molecular formula is C16H13ClO3S. The zero-order chi connectivity index (χ0) is 15.4. The number of ketones is 1. The Kier molecular flexibility index (Phi) is 4.96. The van der Waals surface area contributed by atoms with Crippen LogP contribution in [-0.2, 0) is 0 Å². The molecule has 0 spiro atoms. The highest BCUT2D eigenvalue weighted by Crippen LogP contribution is 2.39. The lowest BCUT2D eigenvalue weighted by atomic mass is 10.1. The molecule has 0 radical (unpaired) electrons. The molecule has 1 aromatic heterocycles. The van der Waals surface area contributed by atoms with Gasteiger partial charge in [0, 0.05) is 27.8 Å². The Labute approximate surface area is 131 Å². The van der Waals surface area contributed by atoms with Crippen LogP contribution in [-0.4, -0.2) is 23.1 Å². The first-order valence-electron chi connectivity index (χ1n) is 6.12. The predicted octanol–water partition coefficient (Wildman–Crippen LogP) is 4.10. The first-order valence-corrected chi connectivity index (χ1v) is 7.32. The van der Waals surface area contributed by atoms with Crippen molar-refractivity contribution in [3.63, 3.8) is 0 Å². The number of carbonyl (C=O) groups is 1. The SMILES string of the molecule is CO.O=C(c1ccccc1)c1sc2ccc(Cl)cc2c1O. The Bertz CT molecular complexity index is 766. The van der Waals surface area contributed by atoms with Crippen LogP contribution in [0.5, 0.6) is 5.75 Å². The predicted molar refractivity (Wildman–Crippen MR) is 86.5 cm³/mol. The van der Waals surface area contributed by atoms with E-state index in [-0.39, 0.29) is 11.5 Å². The molecule has 0 saturated carbocycles. The number of benzene rings is 2. The van der Waals surface area contributed by atoms with Crippen molar-refractivity contribution in [2.45, 2.75) is 0 Å². The smallest absolute Gasteiger partial charge is 0.206 e. The van der Waals surface area contributed by atoms with Crippen molar-refractivity contribution >= 4 is 38.8 Å². The molecule has 0 saturated heterocycles. The Hall–Kier alpha value is -1.88. The molecule has 0 unspecified atom stereocenters. The van der Waals surface area contributed by atoms with Gasteiger partial charge in [-0.05, 0) is 18.2 Å². The molecule has 3 aromatic rings. The van der Waals surface area contributed by atoms with E-state index in [1.807, 2.05) is 12.1 Å². The molecule has 0 aliphatic rings. The van der Waals surface area contributed by atoms with E-state index in [4.69, 9.17) is 16.7 Å². The second-order valence-corrected chi connectivity index (χ2v) is 5.60. The van der Waals surface area contributed by atoms with Gasteiger partial charge in [0.05, 0.1) is 0 Å². The van der Waals surface area contributed by atoms with Gasteiger partial charge in [-0.3, -0.25) is 4.79 Å². The van der Waals surface area contributed by atoms with Gasteiger partial charge < -0.3 is 10.2 Å². The minimum atomic E-state index is -0.171. The molecule has 3 rings (SSSR count). The number of hydrogen-bond donors (Lipinski definition) is 2. The number of halogens is 1. The van der Waals surface area contributed by atoms with Gasteiger partial charge in [-0.15, -0.1) is 11.3 Å². The lowest BCUT2D eigenvalue weighted by Gasteiger charge is -1.98. The van der Waals surface area contributed by atoms with E-state index in [1.165, 1.54) is 11.3 Å². The van der Waals surface area contributed by atoms with Gasteiger partial charge in [-0.25, -0.2) is 0 Å². The van der Waals surface area contributed by atoms with Crippen LogP contribution >= 0.6 is 22.9 Å². The molecule has 0 bridgehead atoms. The van der Waals surface area contributed by atoms with Crippen molar-refractivity contribution < 1.29 is 15.0 Å². The molecule has 2 aromatic carbocycles. The number of fused-ring (bicyclic) bond motifs is 1. The number of aliphatic hydroxyl groups is 1. The number of aromatic hydroxyl groups is 1. The molecule has 0 fully saturated rings. The standard InChI is InChI=1S/C15H9ClO2S.CH4O/c16-10-6-7-12-11(8-10)14(18)15(19-12)13(17)9-4-2-1-3-5-9;1-2/h1-8,18H;2H,1H3. The van der Waals surface area contributed by atoms with Crippen molar-refractivity contribution in [2.75, 3.05) is 7.11 Å². The summed E-state index contributed by atoms with van der Waals surface area (Å²) < 4.78 is 0.848. The number of hydrogen-bond acceptors (Lipinski definition) is 4. The van der Waals surface area contributed by atoms with Crippen LogP contribution in [0.4, 0.5) is 0 Å². The highest BCUT2D eigenvalue weighted by Gasteiger charge is 2.19. The number of carbonyl (C=O) groups excluding carboxylic acids is 1. The van der Waals surface area contributed by atoms with Crippen LogP contribution in [0.2, 0.25) is 5.02 Å². The van der Waals surface area contributed by atoms with Gasteiger partial charge in [0.25, 0.3) is 0 Å². The fraction of sp³-hybridized carbons (Fsp3) is 0.0625. The molecule has 3 nitrogen and oxygen atoms in total. The van der Waals surface area contributed by atoms with Gasteiger partial charge in [0.1, 0.15) is 10.6 Å². The van der Waals surface area contributed by atoms with Crippen LogP contribution in [0.1, 0.15) is 15.2 Å².